The molecule has 0 unspecified atom stereocenters. The molecular weight excluding hydrogens is 1050 g/mol. The number of hydrogen-bond donors (Lipinski definition) is 0. The van der Waals surface area contributed by atoms with Crippen LogP contribution < -0.4 is 31.1 Å². The van der Waals surface area contributed by atoms with E-state index < -0.39 is 0 Å². The summed E-state index contributed by atoms with van der Waals surface area (Å²) in [6, 6.07) is 80.8. The first-order chi connectivity index (χ1) is 40.7. The Morgan fingerprint density at radius 1 is 0.365 bits per heavy atom. The Balaban J connectivity index is 1.07. The zero-order valence-corrected chi connectivity index (χ0v) is 51.7. The van der Waals surface area contributed by atoms with Crippen molar-refractivity contribution in [3.63, 3.8) is 0 Å². The molecular formula is C78H71BN4OS. The number of fused-ring (bicyclic) bond motifs is 12. The monoisotopic (exact) mass is 1120 g/mol. The van der Waals surface area contributed by atoms with Crippen LogP contribution in [-0.4, -0.2) is 11.3 Å². The molecule has 0 atom stereocenters. The molecule has 0 fully saturated rings. The molecule has 0 radical (unpaired) electrons. The van der Waals surface area contributed by atoms with Crippen molar-refractivity contribution in [2.45, 2.75) is 105 Å². The number of hydrogen-bond acceptors (Lipinski definition) is 5. The van der Waals surface area contributed by atoms with E-state index in [1.165, 1.54) is 64.3 Å². The van der Waals surface area contributed by atoms with E-state index in [0.717, 1.165) is 84.3 Å². The van der Waals surface area contributed by atoms with Crippen molar-refractivity contribution in [1.82, 2.24) is 4.57 Å². The van der Waals surface area contributed by atoms with Crippen LogP contribution in [0.2, 0.25) is 0 Å². The Bertz CT molecular complexity index is 4690. The molecule has 0 saturated heterocycles. The molecule has 0 aliphatic carbocycles. The van der Waals surface area contributed by atoms with E-state index in [0.29, 0.717) is 0 Å². The van der Waals surface area contributed by atoms with Crippen LogP contribution in [0.5, 0.6) is 0 Å². The minimum atomic E-state index is -0.129. The van der Waals surface area contributed by atoms with Gasteiger partial charge in [-0.25, -0.2) is 0 Å². The molecule has 0 amide bonds. The molecule has 0 N–H and O–H groups in total. The molecule has 418 valence electrons. The maximum Gasteiger partial charge on any atom is 0.252 e. The van der Waals surface area contributed by atoms with Crippen LogP contribution in [0.1, 0.15) is 105 Å². The lowest BCUT2D eigenvalue weighted by molar-refractivity contribution is 0.590. The van der Waals surface area contributed by atoms with E-state index in [-0.39, 0.29) is 28.4 Å². The minimum absolute atomic E-state index is 0.00167. The predicted octanol–water partition coefficient (Wildman–Crippen LogP) is 20.6. The second kappa shape index (κ2) is 18.9. The van der Waals surface area contributed by atoms with E-state index in [2.05, 4.69) is 315 Å². The Kier molecular flexibility index (Phi) is 11.8. The van der Waals surface area contributed by atoms with E-state index in [9.17, 15) is 0 Å². The van der Waals surface area contributed by atoms with Gasteiger partial charge in [0.1, 0.15) is 11.1 Å². The van der Waals surface area contributed by atoms with Gasteiger partial charge in [-0.1, -0.05) is 186 Å². The lowest BCUT2D eigenvalue weighted by Gasteiger charge is -2.42. The van der Waals surface area contributed by atoms with Crippen LogP contribution in [0.4, 0.5) is 51.2 Å². The molecule has 0 spiro atoms. The number of anilines is 9. The molecule has 5 nitrogen and oxygen atoms in total. The molecule has 0 bridgehead atoms. The number of furan rings is 1. The smallest absolute Gasteiger partial charge is 0.252 e. The van der Waals surface area contributed by atoms with E-state index in [4.69, 9.17) is 4.42 Å². The fourth-order valence-corrected chi connectivity index (χ4v) is 14.8. The number of aromatic nitrogens is 1. The fraction of sp³-hybridized carbons (Fsp3) is 0.205. The molecule has 10 aromatic carbocycles. The summed E-state index contributed by atoms with van der Waals surface area (Å²) in [6.07, 6.45) is 0. The molecule has 3 aromatic heterocycles. The largest absolute Gasteiger partial charge is 0.454 e. The van der Waals surface area contributed by atoms with Gasteiger partial charge in [0.15, 0.2) is 5.58 Å². The number of nitrogens with zero attached hydrogens (tertiary/aromatic N) is 4. The van der Waals surface area contributed by atoms with Crippen molar-refractivity contribution < 1.29 is 4.42 Å². The second-order valence-electron chi connectivity index (χ2n) is 27.9. The average Bonchev–Trinajstić information content (AvgIpc) is 1.71. The third kappa shape index (κ3) is 8.47. The number of thiophene rings is 1. The predicted molar refractivity (Wildman–Crippen MR) is 367 cm³/mol. The molecule has 2 aliphatic rings. The topological polar surface area (TPSA) is 27.8 Å². The van der Waals surface area contributed by atoms with Crippen LogP contribution in [0.15, 0.2) is 217 Å². The minimum Gasteiger partial charge on any atom is -0.454 e. The molecule has 2 aliphatic heterocycles. The molecule has 7 heteroatoms. The van der Waals surface area contributed by atoms with Gasteiger partial charge < -0.3 is 23.7 Å². The van der Waals surface area contributed by atoms with Gasteiger partial charge in [0.25, 0.3) is 6.71 Å². The summed E-state index contributed by atoms with van der Waals surface area (Å²) < 4.78 is 12.1. The van der Waals surface area contributed by atoms with Gasteiger partial charge in [0.05, 0.1) is 16.9 Å². The Morgan fingerprint density at radius 3 is 1.39 bits per heavy atom. The molecule has 0 saturated carbocycles. The molecule has 15 rings (SSSR count). The Hall–Kier alpha value is -8.78. The maximum absolute atomic E-state index is 7.03. The first kappa shape index (κ1) is 53.0. The summed E-state index contributed by atoms with van der Waals surface area (Å²) in [6.45, 7) is 27.4. The third-order valence-electron chi connectivity index (χ3n) is 18.2. The highest BCUT2D eigenvalue weighted by Crippen LogP contribution is 2.52. The first-order valence-electron chi connectivity index (χ1n) is 30.2. The van der Waals surface area contributed by atoms with Gasteiger partial charge in [0, 0.05) is 76.4 Å². The molecule has 5 heterocycles. The van der Waals surface area contributed by atoms with Gasteiger partial charge in [-0.2, -0.15) is 0 Å². The summed E-state index contributed by atoms with van der Waals surface area (Å²) in [5.74, 6) is 0. The molecule has 85 heavy (non-hydrogen) atoms. The summed E-state index contributed by atoms with van der Waals surface area (Å²) in [5.41, 5.74) is 24.1. The average molecular weight is 1120 g/mol. The first-order valence-corrected chi connectivity index (χ1v) is 31.0. The lowest BCUT2D eigenvalue weighted by Crippen LogP contribution is -2.60. The van der Waals surface area contributed by atoms with Crippen molar-refractivity contribution in [2.24, 2.45) is 0 Å². The van der Waals surface area contributed by atoms with Gasteiger partial charge in [0.2, 0.25) is 0 Å². The zero-order valence-electron chi connectivity index (χ0n) is 50.9. The standard InChI is InChI=1S/C78H71BN4OS/c1-75(2,3)48-27-35-52(36-28-48)80(53-37-29-49(30-38-53)76(4,5)6)56-43-44-61-64(45-56)82(63-23-18-26-69-70(63)59-20-14-16-25-68(59)85-69)65-46-57(81(54-39-31-50(32-40-54)77(7,8)9)55-41-33-51(34-42-55)78(10,11)12)47-66-71(65)79(61)62-22-17-21-60-72(62)83(66)73-58-19-13-15-24-67(58)84-74(60)73/h13-47H,1-12H3. The van der Waals surface area contributed by atoms with Crippen molar-refractivity contribution in [2.75, 3.05) is 14.7 Å². The highest BCUT2D eigenvalue weighted by atomic mass is 32.1. The van der Waals surface area contributed by atoms with Gasteiger partial charge >= 0.3 is 0 Å². The van der Waals surface area contributed by atoms with Gasteiger partial charge in [-0.15, -0.1) is 11.3 Å². The Morgan fingerprint density at radius 2 is 0.824 bits per heavy atom. The second-order valence-corrected chi connectivity index (χ2v) is 29.0. The maximum atomic E-state index is 7.03. The summed E-state index contributed by atoms with van der Waals surface area (Å²) in [7, 11) is 0. The SMILES string of the molecule is CC(C)(C)c1ccc(N(c2ccc(C(C)(C)C)cc2)c2ccc3c(c2)N(c2cccc4sc5ccccc5c24)c2cc(N(c4ccc(C(C)(C)C)cc4)c4ccc(C(C)(C)C)cc4)cc4c2B3c2cccc3c5oc6ccccc6c5n-4c23)cc1. The quantitative estimate of drug-likeness (QED) is 0.149. The summed E-state index contributed by atoms with van der Waals surface area (Å²) >= 11 is 1.87. The Labute approximate surface area is 504 Å². The van der Waals surface area contributed by atoms with Crippen molar-refractivity contribution in [3.05, 3.63) is 235 Å². The van der Waals surface area contributed by atoms with Crippen LogP contribution in [0.25, 0.3) is 58.8 Å². The normalized spacial score (nSPS) is 13.4. The summed E-state index contributed by atoms with van der Waals surface area (Å²) in [4.78, 5) is 7.60. The van der Waals surface area contributed by atoms with E-state index in [1.54, 1.807) is 0 Å². The van der Waals surface area contributed by atoms with Crippen molar-refractivity contribution in [1.29, 1.82) is 0 Å². The summed E-state index contributed by atoms with van der Waals surface area (Å²) in [5, 5.41) is 4.72. The van der Waals surface area contributed by atoms with Crippen LogP contribution in [-0.2, 0) is 21.7 Å². The number of para-hydroxylation sites is 2. The van der Waals surface area contributed by atoms with Gasteiger partial charge in [-0.05, 0) is 169 Å². The lowest BCUT2D eigenvalue weighted by atomic mass is 9.33. The van der Waals surface area contributed by atoms with Crippen LogP contribution in [0.3, 0.4) is 0 Å². The molecule has 13 aromatic rings. The number of rotatable bonds is 7. The highest BCUT2D eigenvalue weighted by molar-refractivity contribution is 7.26. The van der Waals surface area contributed by atoms with Crippen molar-refractivity contribution in [3.8, 4) is 5.69 Å². The van der Waals surface area contributed by atoms with Crippen molar-refractivity contribution >= 4 is 139 Å². The van der Waals surface area contributed by atoms with Crippen LogP contribution >= 0.6 is 11.3 Å². The zero-order chi connectivity index (χ0) is 58.6. The third-order valence-corrected chi connectivity index (χ3v) is 19.3. The highest BCUT2D eigenvalue weighted by Gasteiger charge is 2.44. The van der Waals surface area contributed by atoms with E-state index in [1.807, 2.05) is 11.3 Å². The number of benzene rings is 10. The van der Waals surface area contributed by atoms with Gasteiger partial charge in [-0.3, -0.25) is 0 Å². The van der Waals surface area contributed by atoms with E-state index >= 15 is 0 Å². The fourth-order valence-electron chi connectivity index (χ4n) is 13.7. The van der Waals surface area contributed by atoms with Crippen LogP contribution in [0, 0.1) is 0 Å².